The maximum atomic E-state index is 11.5. The van der Waals surface area contributed by atoms with Gasteiger partial charge in [-0.2, -0.15) is 0 Å². The minimum atomic E-state index is -0.741. The van der Waals surface area contributed by atoms with Crippen LogP contribution in [-0.4, -0.2) is 11.2 Å². The normalized spacial score (nSPS) is 11.4. The topological polar surface area (TPSA) is 55.8 Å². The summed E-state index contributed by atoms with van der Waals surface area (Å²) >= 11 is 0. The van der Waals surface area contributed by atoms with Gasteiger partial charge in [0.2, 0.25) is 0 Å². The summed E-state index contributed by atoms with van der Waals surface area (Å²) in [6, 6.07) is 7.46. The molecule has 4 nitrogen and oxygen atoms in total. The molecule has 0 atom stereocenters. The fourth-order valence-corrected chi connectivity index (χ4v) is 1.81. The molecule has 0 spiro atoms. The number of hydrogen-bond donors (Lipinski definition) is 1. The summed E-state index contributed by atoms with van der Waals surface area (Å²) in [7, 11) is 0. The highest BCUT2D eigenvalue weighted by Gasteiger charge is 2.21. The molecule has 1 aromatic carbocycles. The SMILES string of the molecule is CCCCCC(=O)OCc1ccc(C(C)(C)OO)cc1. The molecule has 0 amide bonds. The molecule has 0 aromatic heterocycles. The Morgan fingerprint density at radius 3 is 2.40 bits per heavy atom. The highest BCUT2D eigenvalue weighted by molar-refractivity contribution is 5.69. The lowest BCUT2D eigenvalue weighted by atomic mass is 9.97. The summed E-state index contributed by atoms with van der Waals surface area (Å²) in [6.45, 7) is 5.93. The van der Waals surface area contributed by atoms with Gasteiger partial charge < -0.3 is 4.74 Å². The monoisotopic (exact) mass is 280 g/mol. The number of carbonyl (C=O) groups is 1. The molecule has 0 radical (unpaired) electrons. The van der Waals surface area contributed by atoms with Crippen molar-refractivity contribution in [3.63, 3.8) is 0 Å². The molecule has 112 valence electrons. The second-order valence-electron chi connectivity index (χ2n) is 5.42. The van der Waals surface area contributed by atoms with Crippen LogP contribution in [0.25, 0.3) is 0 Å². The highest BCUT2D eigenvalue weighted by Crippen LogP contribution is 2.23. The average molecular weight is 280 g/mol. The zero-order valence-electron chi connectivity index (χ0n) is 12.5. The maximum absolute atomic E-state index is 11.5. The number of rotatable bonds is 8. The van der Waals surface area contributed by atoms with E-state index >= 15 is 0 Å². The number of carbonyl (C=O) groups excluding carboxylic acids is 1. The quantitative estimate of drug-likeness (QED) is 0.338. The largest absolute Gasteiger partial charge is 0.461 e. The molecule has 1 rings (SSSR count). The van der Waals surface area contributed by atoms with Crippen molar-refractivity contribution in [2.45, 2.75) is 58.7 Å². The third-order valence-electron chi connectivity index (χ3n) is 3.26. The minimum Gasteiger partial charge on any atom is -0.461 e. The molecule has 0 saturated heterocycles. The van der Waals surface area contributed by atoms with Crippen LogP contribution >= 0.6 is 0 Å². The van der Waals surface area contributed by atoms with E-state index in [4.69, 9.17) is 9.99 Å². The van der Waals surface area contributed by atoms with Crippen molar-refractivity contribution >= 4 is 5.97 Å². The maximum Gasteiger partial charge on any atom is 0.306 e. The summed E-state index contributed by atoms with van der Waals surface area (Å²) in [5.41, 5.74) is 1.04. The van der Waals surface area contributed by atoms with E-state index < -0.39 is 5.60 Å². The first-order chi connectivity index (χ1) is 9.49. The fourth-order valence-electron chi connectivity index (χ4n) is 1.81. The molecule has 0 bridgehead atoms. The summed E-state index contributed by atoms with van der Waals surface area (Å²) in [5, 5.41) is 8.83. The Labute approximate surface area is 120 Å². The van der Waals surface area contributed by atoms with Gasteiger partial charge in [-0.3, -0.25) is 10.1 Å². The van der Waals surface area contributed by atoms with E-state index in [1.54, 1.807) is 13.8 Å². The van der Waals surface area contributed by atoms with Gasteiger partial charge in [0.1, 0.15) is 12.2 Å². The Morgan fingerprint density at radius 1 is 1.20 bits per heavy atom. The first kappa shape index (κ1) is 16.7. The van der Waals surface area contributed by atoms with Crippen molar-refractivity contribution in [1.82, 2.24) is 0 Å². The second-order valence-corrected chi connectivity index (χ2v) is 5.42. The van der Waals surface area contributed by atoms with Gasteiger partial charge in [-0.05, 0) is 31.4 Å². The van der Waals surface area contributed by atoms with Crippen molar-refractivity contribution in [3.05, 3.63) is 35.4 Å². The predicted octanol–water partition coefficient (Wildman–Crippen LogP) is 4.03. The zero-order valence-corrected chi connectivity index (χ0v) is 12.5. The molecule has 0 unspecified atom stereocenters. The van der Waals surface area contributed by atoms with E-state index in [1.165, 1.54) is 0 Å². The second kappa shape index (κ2) is 8.02. The lowest BCUT2D eigenvalue weighted by molar-refractivity contribution is -0.318. The molecule has 0 saturated carbocycles. The van der Waals surface area contributed by atoms with Crippen LogP contribution in [-0.2, 0) is 26.6 Å². The van der Waals surface area contributed by atoms with Crippen LogP contribution in [0.2, 0.25) is 0 Å². The van der Waals surface area contributed by atoms with Crippen LogP contribution in [0.4, 0.5) is 0 Å². The predicted molar refractivity (Wildman–Crippen MR) is 77.1 cm³/mol. The van der Waals surface area contributed by atoms with E-state index in [0.717, 1.165) is 30.4 Å². The lowest BCUT2D eigenvalue weighted by Gasteiger charge is -2.21. The Balaban J connectivity index is 2.44. The third-order valence-corrected chi connectivity index (χ3v) is 3.26. The smallest absolute Gasteiger partial charge is 0.306 e. The van der Waals surface area contributed by atoms with E-state index in [1.807, 2.05) is 24.3 Å². The minimum absolute atomic E-state index is 0.151. The van der Waals surface area contributed by atoms with E-state index in [2.05, 4.69) is 11.8 Å². The number of esters is 1. The average Bonchev–Trinajstić information content (AvgIpc) is 2.46. The number of hydrogen-bond acceptors (Lipinski definition) is 4. The van der Waals surface area contributed by atoms with Crippen LogP contribution in [0.1, 0.15) is 57.6 Å². The molecule has 0 heterocycles. The van der Waals surface area contributed by atoms with Gasteiger partial charge in [-0.15, -0.1) is 0 Å². The van der Waals surface area contributed by atoms with Crippen molar-refractivity contribution in [2.24, 2.45) is 0 Å². The van der Waals surface area contributed by atoms with E-state index in [0.29, 0.717) is 6.42 Å². The van der Waals surface area contributed by atoms with Crippen molar-refractivity contribution < 1.29 is 19.7 Å². The molecule has 0 fully saturated rings. The molecule has 20 heavy (non-hydrogen) atoms. The first-order valence-corrected chi connectivity index (χ1v) is 7.07. The molecule has 1 aromatic rings. The lowest BCUT2D eigenvalue weighted by Crippen LogP contribution is -2.19. The zero-order chi connectivity index (χ0) is 15.0. The molecule has 4 heteroatoms. The molecule has 0 aliphatic rings. The standard InChI is InChI=1S/C16H24O4/c1-4-5-6-7-15(17)19-12-13-8-10-14(11-9-13)16(2,3)20-18/h8-11,18H,4-7,12H2,1-3H3. The Morgan fingerprint density at radius 2 is 1.85 bits per heavy atom. The molecule has 0 aliphatic heterocycles. The number of ether oxygens (including phenoxy) is 1. The van der Waals surface area contributed by atoms with Crippen LogP contribution in [0, 0.1) is 0 Å². The van der Waals surface area contributed by atoms with Gasteiger partial charge in [0.05, 0.1) is 0 Å². The highest BCUT2D eigenvalue weighted by atomic mass is 17.1. The third kappa shape index (κ3) is 5.31. The van der Waals surface area contributed by atoms with Gasteiger partial charge in [-0.1, -0.05) is 44.0 Å². The van der Waals surface area contributed by atoms with E-state index in [-0.39, 0.29) is 12.6 Å². The van der Waals surface area contributed by atoms with Crippen LogP contribution < -0.4 is 0 Å². The molecule has 1 N–H and O–H groups in total. The van der Waals surface area contributed by atoms with Crippen LogP contribution in [0.15, 0.2) is 24.3 Å². The summed E-state index contributed by atoms with van der Waals surface area (Å²) in [5.74, 6) is -0.151. The van der Waals surface area contributed by atoms with E-state index in [9.17, 15) is 4.79 Å². The molecular weight excluding hydrogens is 256 g/mol. The van der Waals surface area contributed by atoms with Crippen LogP contribution in [0.5, 0.6) is 0 Å². The number of benzene rings is 1. The van der Waals surface area contributed by atoms with Crippen molar-refractivity contribution in [1.29, 1.82) is 0 Å². The van der Waals surface area contributed by atoms with Gasteiger partial charge in [0, 0.05) is 6.42 Å². The van der Waals surface area contributed by atoms with Gasteiger partial charge in [-0.25, -0.2) is 4.89 Å². The van der Waals surface area contributed by atoms with Crippen LogP contribution in [0.3, 0.4) is 0 Å². The van der Waals surface area contributed by atoms with Gasteiger partial charge in [0.25, 0.3) is 0 Å². The summed E-state index contributed by atoms with van der Waals surface area (Å²) in [4.78, 5) is 15.9. The Kier molecular flexibility index (Phi) is 6.68. The Hall–Kier alpha value is -1.39. The van der Waals surface area contributed by atoms with Crippen molar-refractivity contribution in [2.75, 3.05) is 0 Å². The first-order valence-electron chi connectivity index (χ1n) is 7.07. The fraction of sp³-hybridized carbons (Fsp3) is 0.562. The summed E-state index contributed by atoms with van der Waals surface area (Å²) < 4.78 is 5.21. The van der Waals surface area contributed by atoms with Gasteiger partial charge in [0.15, 0.2) is 0 Å². The summed E-state index contributed by atoms with van der Waals surface area (Å²) in [6.07, 6.45) is 3.52. The Bertz CT molecular complexity index is 409. The molecule has 0 aliphatic carbocycles. The molecular formula is C16H24O4. The van der Waals surface area contributed by atoms with Gasteiger partial charge >= 0.3 is 5.97 Å². The van der Waals surface area contributed by atoms with Crippen molar-refractivity contribution in [3.8, 4) is 0 Å². The number of unbranched alkanes of at least 4 members (excludes halogenated alkanes) is 2.